The summed E-state index contributed by atoms with van der Waals surface area (Å²) in [4.78, 5) is 7.29. The predicted molar refractivity (Wildman–Crippen MR) is 243 cm³/mol. The zero-order valence-corrected chi connectivity index (χ0v) is 31.9. The van der Waals surface area contributed by atoms with Crippen molar-refractivity contribution in [3.05, 3.63) is 218 Å². The van der Waals surface area contributed by atoms with Crippen molar-refractivity contribution in [3.8, 4) is 22.3 Å². The molecule has 10 aromatic carbocycles. The molecule has 0 bridgehead atoms. The van der Waals surface area contributed by atoms with Crippen molar-refractivity contribution in [2.24, 2.45) is 0 Å². The maximum absolute atomic E-state index is 2.41. The molecular weight excluding hydrogens is 709 g/mol. The Bertz CT molecular complexity index is 3010. The maximum Gasteiger partial charge on any atom is 0.0540 e. The topological polar surface area (TPSA) is 6.48 Å². The van der Waals surface area contributed by atoms with Crippen LogP contribution in [-0.2, 0) is 0 Å². The van der Waals surface area contributed by atoms with Gasteiger partial charge in [-0.05, 0) is 129 Å². The molecule has 3 heteroatoms. The average molecular weight is 745 g/mol. The van der Waals surface area contributed by atoms with Crippen LogP contribution >= 0.6 is 11.8 Å². The minimum Gasteiger partial charge on any atom is -0.310 e. The largest absolute Gasteiger partial charge is 0.310 e. The van der Waals surface area contributed by atoms with Crippen molar-refractivity contribution in [2.75, 3.05) is 9.80 Å². The minimum atomic E-state index is 1.13. The summed E-state index contributed by atoms with van der Waals surface area (Å²) in [6.45, 7) is 0. The fraction of sp³-hybridized carbons (Fsp3) is 0. The average Bonchev–Trinajstić information content (AvgIpc) is 3.28. The van der Waals surface area contributed by atoms with Crippen LogP contribution in [0.15, 0.2) is 228 Å². The molecule has 0 amide bonds. The fourth-order valence-corrected chi connectivity index (χ4v) is 9.81. The summed E-state index contributed by atoms with van der Waals surface area (Å²) in [6.07, 6.45) is 0. The van der Waals surface area contributed by atoms with Gasteiger partial charge in [-0.2, -0.15) is 0 Å². The van der Waals surface area contributed by atoms with Gasteiger partial charge in [-0.15, -0.1) is 0 Å². The van der Waals surface area contributed by atoms with E-state index in [0.717, 1.165) is 34.1 Å². The van der Waals surface area contributed by atoms with Gasteiger partial charge in [0.15, 0.2) is 0 Å². The molecule has 57 heavy (non-hydrogen) atoms. The lowest BCUT2D eigenvalue weighted by molar-refractivity contribution is 1.29. The van der Waals surface area contributed by atoms with E-state index in [-0.39, 0.29) is 0 Å². The Kier molecular flexibility index (Phi) is 8.12. The molecule has 10 aromatic rings. The highest BCUT2D eigenvalue weighted by Crippen LogP contribution is 2.52. The summed E-state index contributed by atoms with van der Waals surface area (Å²) >= 11 is 1.89. The molecule has 0 unspecified atom stereocenters. The van der Waals surface area contributed by atoms with E-state index in [0.29, 0.717) is 0 Å². The van der Waals surface area contributed by atoms with E-state index < -0.39 is 0 Å². The molecule has 1 aliphatic rings. The molecule has 0 spiro atoms. The Morgan fingerprint density at radius 2 is 0.860 bits per heavy atom. The van der Waals surface area contributed by atoms with Gasteiger partial charge < -0.3 is 9.80 Å². The molecule has 0 atom stereocenters. The zero-order valence-electron chi connectivity index (χ0n) is 31.1. The Hall–Kier alpha value is -7.07. The molecule has 2 nitrogen and oxygen atoms in total. The van der Waals surface area contributed by atoms with E-state index >= 15 is 0 Å². The molecule has 11 rings (SSSR count). The zero-order chi connectivity index (χ0) is 37.7. The number of fused-ring (bicyclic) bond motifs is 5. The van der Waals surface area contributed by atoms with Crippen molar-refractivity contribution in [3.63, 3.8) is 0 Å². The summed E-state index contributed by atoms with van der Waals surface area (Å²) in [5, 5.41) is 7.56. The SMILES string of the molecule is c1ccc(N(c2ccccc2)c2ccc3cc4c5c(cccc5c3c2)Sc2cc(-c3ccc(N(c5ccccc5)c5ccccc5)c5ccccc35)ccc2-4)cc1. The highest BCUT2D eigenvalue weighted by molar-refractivity contribution is 7.99. The van der Waals surface area contributed by atoms with E-state index in [2.05, 4.69) is 228 Å². The quantitative estimate of drug-likeness (QED) is 0.150. The highest BCUT2D eigenvalue weighted by atomic mass is 32.2. The van der Waals surface area contributed by atoms with Gasteiger partial charge in [0, 0.05) is 49.0 Å². The number of hydrogen-bond donors (Lipinski definition) is 0. The number of nitrogens with zero attached hydrogens (tertiary/aromatic N) is 2. The normalized spacial score (nSPS) is 11.8. The van der Waals surface area contributed by atoms with E-state index in [1.54, 1.807) is 0 Å². The summed E-state index contributed by atoms with van der Waals surface area (Å²) in [5.41, 5.74) is 11.9. The van der Waals surface area contributed by atoms with Crippen LogP contribution in [-0.4, -0.2) is 0 Å². The molecule has 0 N–H and O–H groups in total. The molecule has 1 heterocycles. The maximum atomic E-state index is 2.41. The first-order valence-electron chi connectivity index (χ1n) is 19.4. The lowest BCUT2D eigenvalue weighted by Crippen LogP contribution is -2.10. The number of benzene rings is 10. The van der Waals surface area contributed by atoms with E-state index in [9.17, 15) is 0 Å². The molecule has 0 saturated carbocycles. The highest BCUT2D eigenvalue weighted by Gasteiger charge is 2.23. The van der Waals surface area contributed by atoms with Crippen molar-refractivity contribution in [2.45, 2.75) is 9.79 Å². The van der Waals surface area contributed by atoms with Crippen LogP contribution in [0.1, 0.15) is 0 Å². The third-order valence-corrected chi connectivity index (χ3v) is 12.3. The third kappa shape index (κ3) is 5.75. The second-order valence-electron chi connectivity index (χ2n) is 14.5. The van der Waals surface area contributed by atoms with Crippen LogP contribution < -0.4 is 9.80 Å². The molecule has 0 fully saturated rings. The van der Waals surface area contributed by atoms with E-state index in [4.69, 9.17) is 0 Å². The number of anilines is 6. The van der Waals surface area contributed by atoms with Gasteiger partial charge in [-0.25, -0.2) is 0 Å². The molecule has 0 aliphatic carbocycles. The van der Waals surface area contributed by atoms with Gasteiger partial charge in [0.25, 0.3) is 0 Å². The van der Waals surface area contributed by atoms with Gasteiger partial charge in [-0.3, -0.25) is 0 Å². The van der Waals surface area contributed by atoms with Crippen molar-refractivity contribution < 1.29 is 0 Å². The van der Waals surface area contributed by atoms with Crippen molar-refractivity contribution in [1.29, 1.82) is 0 Å². The van der Waals surface area contributed by atoms with Crippen molar-refractivity contribution in [1.82, 2.24) is 0 Å². The summed E-state index contributed by atoms with van der Waals surface area (Å²) < 4.78 is 0. The first-order valence-corrected chi connectivity index (χ1v) is 20.2. The molecule has 268 valence electrons. The van der Waals surface area contributed by atoms with Crippen LogP contribution in [0.3, 0.4) is 0 Å². The Labute approximate surface area is 336 Å². The minimum absolute atomic E-state index is 1.13. The molecular formula is C54H36N2S. The molecule has 0 aromatic heterocycles. The molecule has 1 aliphatic heterocycles. The number of hydrogen-bond acceptors (Lipinski definition) is 3. The van der Waals surface area contributed by atoms with Crippen LogP contribution in [0.2, 0.25) is 0 Å². The Morgan fingerprint density at radius 3 is 1.51 bits per heavy atom. The predicted octanol–water partition coefficient (Wildman–Crippen LogP) is 15.9. The summed E-state index contributed by atoms with van der Waals surface area (Å²) in [5.74, 6) is 0. The second kappa shape index (κ2) is 13.9. The van der Waals surface area contributed by atoms with Gasteiger partial charge in [0.05, 0.1) is 5.69 Å². The van der Waals surface area contributed by atoms with Gasteiger partial charge in [-0.1, -0.05) is 145 Å². The van der Waals surface area contributed by atoms with Crippen molar-refractivity contribution >= 4 is 78.2 Å². The van der Waals surface area contributed by atoms with Crippen LogP contribution in [0.4, 0.5) is 34.1 Å². The first-order chi connectivity index (χ1) is 28.3. The van der Waals surface area contributed by atoms with Crippen LogP contribution in [0, 0.1) is 0 Å². The number of rotatable bonds is 7. The van der Waals surface area contributed by atoms with Crippen LogP contribution in [0.25, 0.3) is 54.6 Å². The lowest BCUT2D eigenvalue weighted by atomic mass is 9.90. The van der Waals surface area contributed by atoms with Crippen LogP contribution in [0.5, 0.6) is 0 Å². The monoisotopic (exact) mass is 744 g/mol. The van der Waals surface area contributed by atoms with Gasteiger partial charge >= 0.3 is 0 Å². The smallest absolute Gasteiger partial charge is 0.0540 e. The number of para-hydroxylation sites is 4. The summed E-state index contributed by atoms with van der Waals surface area (Å²) in [6, 6.07) is 79.2. The lowest BCUT2D eigenvalue weighted by Gasteiger charge is -2.27. The van der Waals surface area contributed by atoms with Gasteiger partial charge in [0.1, 0.15) is 0 Å². The van der Waals surface area contributed by atoms with E-state index in [1.807, 2.05) is 11.8 Å². The summed E-state index contributed by atoms with van der Waals surface area (Å²) in [7, 11) is 0. The second-order valence-corrected chi connectivity index (χ2v) is 15.6. The third-order valence-electron chi connectivity index (χ3n) is 11.2. The molecule has 0 radical (unpaired) electrons. The first kappa shape index (κ1) is 33.3. The fourth-order valence-electron chi connectivity index (χ4n) is 8.63. The van der Waals surface area contributed by atoms with E-state index in [1.165, 1.54) is 64.4 Å². The Balaban J connectivity index is 1.03. The molecule has 0 saturated heterocycles. The standard InChI is InChI=1S/C54H36N2S/c1-5-16-39(17-6-1)55(40-18-7-2-8-19-40)43-30-28-37-34-50-47-31-29-38(35-53(47)57-52-27-15-26-48(54(50)52)49(37)36-43)44-32-33-51(46-25-14-13-24-45(44)46)56(41-20-9-3-10-21-41)42-22-11-4-12-23-42/h1-36H. The van der Waals surface area contributed by atoms with Gasteiger partial charge in [0.2, 0.25) is 0 Å². The Morgan fingerprint density at radius 1 is 0.298 bits per heavy atom.